The number of hydrogen-bond donors (Lipinski definition) is 1. The quantitative estimate of drug-likeness (QED) is 0.821. The van der Waals surface area contributed by atoms with E-state index in [1.807, 2.05) is 24.3 Å². The minimum absolute atomic E-state index is 0.126. The summed E-state index contributed by atoms with van der Waals surface area (Å²) in [5.41, 5.74) is 2.48. The first-order valence-corrected chi connectivity index (χ1v) is 8.85. The highest BCUT2D eigenvalue weighted by molar-refractivity contribution is 6.05. The monoisotopic (exact) mass is 339 g/mol. The predicted molar refractivity (Wildman–Crippen MR) is 95.2 cm³/mol. The minimum Gasteiger partial charge on any atom is -0.313 e. The summed E-state index contributed by atoms with van der Waals surface area (Å²) in [4.78, 5) is 17.6. The fourth-order valence-electron chi connectivity index (χ4n) is 3.18. The molecule has 1 N–H and O–H groups in total. The third kappa shape index (κ3) is 3.71. The normalized spacial score (nSPS) is 21.8. The maximum atomic E-state index is 12.9. The average molecular weight is 339 g/mol. The van der Waals surface area contributed by atoms with E-state index in [2.05, 4.69) is 10.3 Å². The van der Waals surface area contributed by atoms with E-state index in [1.54, 1.807) is 13.1 Å². The molecule has 1 heterocycles. The third-order valence-corrected chi connectivity index (χ3v) is 5.15. The second kappa shape index (κ2) is 6.56. The van der Waals surface area contributed by atoms with Crippen LogP contribution < -0.4 is 10.2 Å². The fourth-order valence-corrected chi connectivity index (χ4v) is 3.18. The van der Waals surface area contributed by atoms with Crippen molar-refractivity contribution in [1.29, 1.82) is 0 Å². The lowest BCUT2D eigenvalue weighted by molar-refractivity contribution is 0.0993. The maximum absolute atomic E-state index is 12.9. The van der Waals surface area contributed by atoms with Crippen LogP contribution in [0.1, 0.15) is 41.1 Å². The van der Waals surface area contributed by atoms with Crippen molar-refractivity contribution in [1.82, 2.24) is 10.3 Å². The maximum Gasteiger partial charge on any atom is 0.258 e. The number of carbonyl (C=O) groups is 1. The number of nitrogens with zero attached hydrogens (tertiary/aromatic N) is 2. The number of pyridine rings is 1. The Morgan fingerprint density at radius 2 is 2.00 bits per heavy atom. The molecule has 0 radical (unpaired) electrons. The van der Waals surface area contributed by atoms with E-state index < -0.39 is 5.95 Å². The lowest BCUT2D eigenvalue weighted by Crippen LogP contribution is -2.26. The molecule has 0 saturated heterocycles. The van der Waals surface area contributed by atoms with E-state index in [4.69, 9.17) is 0 Å². The van der Waals surface area contributed by atoms with E-state index in [-0.39, 0.29) is 5.91 Å². The van der Waals surface area contributed by atoms with E-state index >= 15 is 0 Å². The lowest BCUT2D eigenvalue weighted by atomic mass is 10.1. The zero-order valence-electron chi connectivity index (χ0n) is 14.3. The predicted octanol–water partition coefficient (Wildman–Crippen LogP) is 3.35. The van der Waals surface area contributed by atoms with E-state index in [0.29, 0.717) is 23.2 Å². The molecule has 0 unspecified atom stereocenters. The number of carbonyl (C=O) groups excluding carboxylic acids is 1. The highest BCUT2D eigenvalue weighted by Gasteiger charge is 2.38. The Bertz CT molecular complexity index is 756. The van der Waals surface area contributed by atoms with Gasteiger partial charge in [-0.05, 0) is 61.6 Å². The summed E-state index contributed by atoms with van der Waals surface area (Å²) in [5.74, 6) is 0.794. The first-order chi connectivity index (χ1) is 12.1. The molecule has 2 atom stereocenters. The van der Waals surface area contributed by atoms with Crippen molar-refractivity contribution in [3.8, 4) is 0 Å². The van der Waals surface area contributed by atoms with Gasteiger partial charge < -0.3 is 10.2 Å². The van der Waals surface area contributed by atoms with Crippen molar-refractivity contribution in [2.24, 2.45) is 5.92 Å². The van der Waals surface area contributed by atoms with Gasteiger partial charge in [-0.25, -0.2) is 4.98 Å². The second-order valence-electron chi connectivity index (χ2n) is 7.13. The van der Waals surface area contributed by atoms with Gasteiger partial charge in [0.2, 0.25) is 5.95 Å². The zero-order valence-corrected chi connectivity index (χ0v) is 14.3. The molecule has 2 aliphatic carbocycles. The van der Waals surface area contributed by atoms with Crippen LogP contribution in [0.3, 0.4) is 0 Å². The molecule has 1 aromatic heterocycles. The first kappa shape index (κ1) is 16.2. The summed E-state index contributed by atoms with van der Waals surface area (Å²) >= 11 is 0. The molecule has 2 saturated carbocycles. The van der Waals surface area contributed by atoms with Gasteiger partial charge in [-0.15, -0.1) is 0 Å². The molecule has 5 heteroatoms. The van der Waals surface area contributed by atoms with Gasteiger partial charge in [-0.2, -0.15) is 4.39 Å². The molecule has 1 aromatic carbocycles. The van der Waals surface area contributed by atoms with Crippen molar-refractivity contribution in [3.05, 3.63) is 59.7 Å². The Kier molecular flexibility index (Phi) is 4.25. The molecule has 25 heavy (non-hydrogen) atoms. The Hall–Kier alpha value is -2.27. The minimum atomic E-state index is -0.553. The van der Waals surface area contributed by atoms with Crippen LogP contribution in [-0.2, 0) is 0 Å². The third-order valence-electron chi connectivity index (χ3n) is 5.15. The van der Waals surface area contributed by atoms with Crippen molar-refractivity contribution in [2.75, 3.05) is 18.5 Å². The van der Waals surface area contributed by atoms with Crippen LogP contribution in [0.25, 0.3) is 0 Å². The molecule has 0 bridgehead atoms. The van der Waals surface area contributed by atoms with Crippen molar-refractivity contribution >= 4 is 11.6 Å². The molecule has 2 aliphatic rings. The molecule has 2 aromatic rings. The van der Waals surface area contributed by atoms with Crippen molar-refractivity contribution in [3.63, 3.8) is 0 Å². The molecule has 2 fully saturated rings. The number of hydrogen-bond acceptors (Lipinski definition) is 3. The van der Waals surface area contributed by atoms with Crippen LogP contribution in [0, 0.1) is 11.9 Å². The summed E-state index contributed by atoms with van der Waals surface area (Å²) < 4.78 is 12.9. The molecule has 4 rings (SSSR count). The van der Waals surface area contributed by atoms with Gasteiger partial charge in [-0.3, -0.25) is 4.79 Å². The zero-order chi connectivity index (χ0) is 17.4. The van der Waals surface area contributed by atoms with Crippen LogP contribution in [0.2, 0.25) is 0 Å². The first-order valence-electron chi connectivity index (χ1n) is 8.85. The fraction of sp³-hybridized carbons (Fsp3) is 0.400. The van der Waals surface area contributed by atoms with Crippen LogP contribution in [0.4, 0.5) is 10.1 Å². The Balaban J connectivity index is 1.38. The standard InChI is InChI=1S/C20H22FN3O/c1-24(16-8-9-19(21)23-12-16)20(25)15-6-4-14(5-7-15)17-10-18(17)22-11-13-2-3-13/h4-9,12-13,17-18,22H,2-3,10-11H2,1H3/t17-,18+/m0/s1. The van der Waals surface area contributed by atoms with Gasteiger partial charge in [-0.1, -0.05) is 12.1 Å². The topological polar surface area (TPSA) is 45.2 Å². The van der Waals surface area contributed by atoms with Gasteiger partial charge >= 0.3 is 0 Å². The second-order valence-corrected chi connectivity index (χ2v) is 7.13. The van der Waals surface area contributed by atoms with Crippen LogP contribution in [0.5, 0.6) is 0 Å². The number of anilines is 1. The summed E-state index contributed by atoms with van der Waals surface area (Å²) in [6.07, 6.45) is 5.29. The molecular weight excluding hydrogens is 317 g/mol. The number of nitrogens with one attached hydrogen (secondary N) is 1. The van der Waals surface area contributed by atoms with Gasteiger partial charge in [0.1, 0.15) is 0 Å². The number of rotatable bonds is 6. The number of amides is 1. The molecule has 130 valence electrons. The summed E-state index contributed by atoms with van der Waals surface area (Å²) in [6, 6.07) is 11.2. The molecule has 0 spiro atoms. The van der Waals surface area contributed by atoms with Gasteiger partial charge in [0, 0.05) is 24.6 Å². The van der Waals surface area contributed by atoms with Gasteiger partial charge in [0.25, 0.3) is 5.91 Å². The van der Waals surface area contributed by atoms with E-state index in [1.165, 1.54) is 42.0 Å². The number of halogens is 1. The van der Waals surface area contributed by atoms with E-state index in [0.717, 1.165) is 12.5 Å². The summed E-state index contributed by atoms with van der Waals surface area (Å²) in [7, 11) is 1.67. The smallest absolute Gasteiger partial charge is 0.258 e. The molecular formula is C20H22FN3O. The molecule has 4 nitrogen and oxygen atoms in total. The average Bonchev–Trinajstić information content (AvgIpc) is 3.54. The lowest BCUT2D eigenvalue weighted by Gasteiger charge is -2.17. The largest absolute Gasteiger partial charge is 0.313 e. The summed E-state index contributed by atoms with van der Waals surface area (Å²) in [6.45, 7) is 1.15. The Morgan fingerprint density at radius 3 is 2.64 bits per heavy atom. The molecule has 1 amide bonds. The van der Waals surface area contributed by atoms with Gasteiger partial charge in [0.15, 0.2) is 0 Å². The highest BCUT2D eigenvalue weighted by atomic mass is 19.1. The number of benzene rings is 1. The summed E-state index contributed by atoms with van der Waals surface area (Å²) in [5, 5.41) is 3.64. The Morgan fingerprint density at radius 1 is 1.24 bits per heavy atom. The van der Waals surface area contributed by atoms with Crippen molar-refractivity contribution in [2.45, 2.75) is 31.2 Å². The van der Waals surface area contributed by atoms with Crippen LogP contribution >= 0.6 is 0 Å². The number of aromatic nitrogens is 1. The van der Waals surface area contributed by atoms with Crippen LogP contribution in [0.15, 0.2) is 42.6 Å². The van der Waals surface area contributed by atoms with E-state index in [9.17, 15) is 9.18 Å². The van der Waals surface area contributed by atoms with Crippen molar-refractivity contribution < 1.29 is 9.18 Å². The molecule has 0 aliphatic heterocycles. The SMILES string of the molecule is CN(C(=O)c1ccc([C@@H]2C[C@H]2NCC2CC2)cc1)c1ccc(F)nc1. The Labute approximate surface area is 147 Å². The highest BCUT2D eigenvalue weighted by Crippen LogP contribution is 2.41. The van der Waals surface area contributed by atoms with Gasteiger partial charge in [0.05, 0.1) is 11.9 Å². The van der Waals surface area contributed by atoms with Crippen LogP contribution in [-0.4, -0.2) is 30.5 Å².